The van der Waals surface area contributed by atoms with Crippen molar-refractivity contribution >= 4 is 29.2 Å². The summed E-state index contributed by atoms with van der Waals surface area (Å²) >= 11 is 5.97. The van der Waals surface area contributed by atoms with Crippen molar-refractivity contribution in [2.75, 3.05) is 7.11 Å². The van der Waals surface area contributed by atoms with E-state index in [4.69, 9.17) is 16.3 Å². The van der Waals surface area contributed by atoms with E-state index in [0.717, 1.165) is 0 Å². The average Bonchev–Trinajstić information content (AvgIpc) is 2.46. The van der Waals surface area contributed by atoms with E-state index in [1.165, 1.54) is 31.5 Å². The quantitative estimate of drug-likeness (QED) is 0.530. The molecule has 0 saturated heterocycles. The van der Waals surface area contributed by atoms with Gasteiger partial charge in [0.25, 0.3) is 5.69 Å². The number of rotatable bonds is 4. The van der Waals surface area contributed by atoms with Gasteiger partial charge in [0, 0.05) is 23.9 Å². The predicted molar refractivity (Wildman–Crippen MR) is 80.0 cm³/mol. The minimum absolute atomic E-state index is 0.0936. The molecule has 0 aromatic heterocycles. The predicted octanol–water partition coefficient (Wildman–Crippen LogP) is 3.71. The van der Waals surface area contributed by atoms with Gasteiger partial charge in [-0.25, -0.2) is 0 Å². The van der Waals surface area contributed by atoms with E-state index < -0.39 is 4.92 Å². The second kappa shape index (κ2) is 6.23. The SMILES string of the molecule is COc1ccc(N=Cc2cc([N+](=O)[O-])ccc2O)cc1Cl. The molecular formula is C14H11ClN2O4. The Labute approximate surface area is 125 Å². The third-order valence-corrected chi connectivity index (χ3v) is 3.01. The van der Waals surface area contributed by atoms with Crippen molar-refractivity contribution < 1.29 is 14.8 Å². The van der Waals surface area contributed by atoms with Crippen molar-refractivity contribution in [1.29, 1.82) is 0 Å². The molecule has 0 aliphatic rings. The minimum atomic E-state index is -0.541. The van der Waals surface area contributed by atoms with Crippen LogP contribution in [0.3, 0.4) is 0 Å². The molecule has 21 heavy (non-hydrogen) atoms. The third kappa shape index (κ3) is 3.49. The van der Waals surface area contributed by atoms with Crippen molar-refractivity contribution in [2.45, 2.75) is 0 Å². The topological polar surface area (TPSA) is 85.0 Å². The normalized spacial score (nSPS) is 10.8. The van der Waals surface area contributed by atoms with Crippen molar-refractivity contribution in [2.24, 2.45) is 4.99 Å². The number of phenolic OH excluding ortho intramolecular Hbond substituents is 1. The van der Waals surface area contributed by atoms with Crippen LogP contribution in [0.25, 0.3) is 0 Å². The number of halogens is 1. The number of aliphatic imine (C=N–C) groups is 1. The molecule has 2 aromatic rings. The zero-order valence-corrected chi connectivity index (χ0v) is 11.7. The van der Waals surface area contributed by atoms with Gasteiger partial charge in [-0.1, -0.05) is 11.6 Å². The molecule has 0 unspecified atom stereocenters. The van der Waals surface area contributed by atoms with Gasteiger partial charge in [-0.2, -0.15) is 0 Å². The highest BCUT2D eigenvalue weighted by molar-refractivity contribution is 6.32. The molecule has 0 saturated carbocycles. The van der Waals surface area contributed by atoms with Crippen LogP contribution in [0, 0.1) is 10.1 Å². The van der Waals surface area contributed by atoms with E-state index in [2.05, 4.69) is 4.99 Å². The monoisotopic (exact) mass is 306 g/mol. The van der Waals surface area contributed by atoms with Gasteiger partial charge in [0.05, 0.1) is 22.7 Å². The first-order valence-electron chi connectivity index (χ1n) is 5.86. The number of hydrogen-bond donors (Lipinski definition) is 1. The number of non-ortho nitro benzene ring substituents is 1. The summed E-state index contributed by atoms with van der Waals surface area (Å²) in [5.74, 6) is 0.428. The van der Waals surface area contributed by atoms with Crippen molar-refractivity contribution in [1.82, 2.24) is 0 Å². The molecule has 1 N–H and O–H groups in total. The van der Waals surface area contributed by atoms with Crippen molar-refractivity contribution in [3.63, 3.8) is 0 Å². The number of nitrogens with zero attached hydrogens (tertiary/aromatic N) is 2. The molecule has 2 aromatic carbocycles. The molecule has 0 heterocycles. The van der Waals surface area contributed by atoms with Crippen LogP contribution in [0.15, 0.2) is 41.4 Å². The summed E-state index contributed by atoms with van der Waals surface area (Å²) in [6.07, 6.45) is 1.33. The smallest absolute Gasteiger partial charge is 0.270 e. The first kappa shape index (κ1) is 14.8. The maximum Gasteiger partial charge on any atom is 0.270 e. The molecule has 0 aliphatic heterocycles. The van der Waals surface area contributed by atoms with Crippen LogP contribution in [0.1, 0.15) is 5.56 Å². The molecule has 0 spiro atoms. The number of aromatic hydroxyl groups is 1. The molecule has 2 rings (SSSR count). The van der Waals surface area contributed by atoms with Crippen molar-refractivity contribution in [3.8, 4) is 11.5 Å². The zero-order chi connectivity index (χ0) is 15.4. The zero-order valence-electron chi connectivity index (χ0n) is 11.0. The Morgan fingerprint density at radius 2 is 2.10 bits per heavy atom. The molecule has 0 aliphatic carbocycles. The second-order valence-electron chi connectivity index (χ2n) is 4.08. The summed E-state index contributed by atoms with van der Waals surface area (Å²) in [6, 6.07) is 8.63. The lowest BCUT2D eigenvalue weighted by Gasteiger charge is -2.03. The molecule has 0 amide bonds. The maximum absolute atomic E-state index is 10.7. The van der Waals surface area contributed by atoms with Crippen LogP contribution in [0.5, 0.6) is 11.5 Å². The Morgan fingerprint density at radius 1 is 1.33 bits per heavy atom. The van der Waals surface area contributed by atoms with E-state index in [1.807, 2.05) is 0 Å². The number of nitro benzene ring substituents is 1. The second-order valence-corrected chi connectivity index (χ2v) is 4.48. The van der Waals surface area contributed by atoms with Gasteiger partial charge in [-0.05, 0) is 24.3 Å². The number of hydrogen-bond acceptors (Lipinski definition) is 5. The van der Waals surface area contributed by atoms with Crippen LogP contribution in [0.4, 0.5) is 11.4 Å². The molecule has 0 atom stereocenters. The standard InChI is InChI=1S/C14H11ClN2O4/c1-21-14-5-2-10(7-12(14)15)16-8-9-6-11(17(19)20)3-4-13(9)18/h2-8,18H,1H3. The molecular weight excluding hydrogens is 296 g/mol. The van der Waals surface area contributed by atoms with Crippen molar-refractivity contribution in [3.05, 3.63) is 57.1 Å². The summed E-state index contributed by atoms with van der Waals surface area (Å²) in [4.78, 5) is 14.3. The number of methoxy groups -OCH3 is 1. The summed E-state index contributed by atoms with van der Waals surface area (Å²) < 4.78 is 5.03. The van der Waals surface area contributed by atoms with Gasteiger partial charge in [0.1, 0.15) is 11.5 Å². The van der Waals surface area contributed by atoms with Gasteiger partial charge in [-0.15, -0.1) is 0 Å². The van der Waals surface area contributed by atoms with Gasteiger partial charge in [-0.3, -0.25) is 15.1 Å². The number of phenols is 1. The first-order valence-corrected chi connectivity index (χ1v) is 6.24. The first-order chi connectivity index (χ1) is 10.0. The summed E-state index contributed by atoms with van der Waals surface area (Å²) in [7, 11) is 1.51. The number of ether oxygens (including phenoxy) is 1. The Morgan fingerprint density at radius 3 is 2.71 bits per heavy atom. The van der Waals surface area contributed by atoms with Gasteiger partial charge >= 0.3 is 0 Å². The van der Waals surface area contributed by atoms with E-state index in [9.17, 15) is 15.2 Å². The maximum atomic E-state index is 10.7. The van der Waals surface area contributed by atoms with E-state index in [0.29, 0.717) is 16.5 Å². The lowest BCUT2D eigenvalue weighted by molar-refractivity contribution is -0.384. The highest BCUT2D eigenvalue weighted by atomic mass is 35.5. The average molecular weight is 307 g/mol. The summed E-state index contributed by atoms with van der Waals surface area (Å²) in [6.45, 7) is 0. The molecule has 0 bridgehead atoms. The van der Waals surface area contributed by atoms with Crippen LogP contribution < -0.4 is 4.74 Å². The van der Waals surface area contributed by atoms with Gasteiger partial charge in [0.15, 0.2) is 0 Å². The Hall–Kier alpha value is -2.60. The molecule has 0 radical (unpaired) electrons. The fraction of sp³-hybridized carbons (Fsp3) is 0.0714. The minimum Gasteiger partial charge on any atom is -0.507 e. The fourth-order valence-electron chi connectivity index (χ4n) is 1.64. The van der Waals surface area contributed by atoms with E-state index >= 15 is 0 Å². The highest BCUT2D eigenvalue weighted by Crippen LogP contribution is 2.29. The van der Waals surface area contributed by atoms with E-state index in [1.54, 1.807) is 18.2 Å². The Balaban J connectivity index is 2.30. The fourth-order valence-corrected chi connectivity index (χ4v) is 1.89. The molecule has 7 heteroatoms. The summed E-state index contributed by atoms with van der Waals surface area (Å²) in [5, 5.41) is 20.8. The lowest BCUT2D eigenvalue weighted by Crippen LogP contribution is -1.90. The van der Waals surface area contributed by atoms with Gasteiger partial charge < -0.3 is 9.84 Å². The van der Waals surface area contributed by atoms with Crippen LogP contribution >= 0.6 is 11.6 Å². The van der Waals surface area contributed by atoms with Crippen LogP contribution in [0.2, 0.25) is 5.02 Å². The largest absolute Gasteiger partial charge is 0.507 e. The van der Waals surface area contributed by atoms with E-state index in [-0.39, 0.29) is 17.0 Å². The summed E-state index contributed by atoms with van der Waals surface area (Å²) in [5.41, 5.74) is 0.657. The number of nitro groups is 1. The number of benzene rings is 2. The molecule has 0 fully saturated rings. The lowest BCUT2D eigenvalue weighted by atomic mass is 10.2. The van der Waals surface area contributed by atoms with Crippen LogP contribution in [-0.2, 0) is 0 Å². The Bertz CT molecular complexity index is 716. The molecule has 108 valence electrons. The van der Waals surface area contributed by atoms with Crippen LogP contribution in [-0.4, -0.2) is 23.4 Å². The molecule has 6 nitrogen and oxygen atoms in total. The Kier molecular flexibility index (Phi) is 4.39. The highest BCUT2D eigenvalue weighted by Gasteiger charge is 2.08. The third-order valence-electron chi connectivity index (χ3n) is 2.71. The van der Waals surface area contributed by atoms with Gasteiger partial charge in [0.2, 0.25) is 0 Å².